The number of hydrogen-bond donors (Lipinski definition) is 1. The van der Waals surface area contributed by atoms with Crippen molar-refractivity contribution in [1.29, 1.82) is 0 Å². The van der Waals surface area contributed by atoms with E-state index in [-0.39, 0.29) is 32.4 Å². The molecule has 0 amide bonds. The van der Waals surface area contributed by atoms with Crippen LogP contribution in [-0.2, 0) is 10.0 Å². The number of sulfonamides is 1. The minimum absolute atomic E-state index is 0. The maximum absolute atomic E-state index is 12.4. The van der Waals surface area contributed by atoms with Crippen molar-refractivity contribution in [2.45, 2.75) is 4.90 Å². The first kappa shape index (κ1) is 17.3. The Bertz CT molecular complexity index is 559. The first-order valence-electron chi connectivity index (χ1n) is 5.28. The maximum atomic E-state index is 12.4. The summed E-state index contributed by atoms with van der Waals surface area (Å²) in [6, 6.07) is 2.64. The van der Waals surface area contributed by atoms with Crippen LogP contribution in [0.4, 0.5) is 0 Å². The summed E-state index contributed by atoms with van der Waals surface area (Å²) in [5.74, 6) is 0. The molecule has 0 radical (unpaired) electrons. The van der Waals surface area contributed by atoms with Gasteiger partial charge in [0.05, 0.1) is 15.1 Å². The molecule has 0 unspecified atom stereocenters. The Hall–Kier alpha value is 0.250. The lowest BCUT2D eigenvalue weighted by Gasteiger charge is -2.27. The van der Waals surface area contributed by atoms with Crippen LogP contribution in [0.5, 0.6) is 0 Å². The molecule has 1 saturated heterocycles. The van der Waals surface area contributed by atoms with Crippen LogP contribution in [0.2, 0.25) is 15.1 Å². The second-order valence-electron chi connectivity index (χ2n) is 3.85. The van der Waals surface area contributed by atoms with Gasteiger partial charge in [-0.2, -0.15) is 4.31 Å². The Morgan fingerprint density at radius 2 is 1.53 bits per heavy atom. The predicted molar refractivity (Wildman–Crippen MR) is 80.3 cm³/mol. The average molecular weight is 366 g/mol. The standard InChI is InChI=1S/C10H11Cl3N2O2S.ClH/c11-7-5-9(13)10(6-8(7)12)18(16,17)15-3-1-14-2-4-15;/h5-6,14H,1-4H2;1H. The molecule has 108 valence electrons. The van der Waals surface area contributed by atoms with E-state index in [4.69, 9.17) is 34.8 Å². The van der Waals surface area contributed by atoms with Gasteiger partial charge in [-0.25, -0.2) is 8.42 Å². The van der Waals surface area contributed by atoms with Crippen molar-refractivity contribution in [3.8, 4) is 0 Å². The van der Waals surface area contributed by atoms with Gasteiger partial charge in [-0.1, -0.05) is 34.8 Å². The van der Waals surface area contributed by atoms with Gasteiger partial charge in [0.15, 0.2) is 0 Å². The molecule has 0 aromatic heterocycles. The number of hydrogen-bond acceptors (Lipinski definition) is 3. The molecular weight excluding hydrogens is 354 g/mol. The average Bonchev–Trinajstić information content (AvgIpc) is 2.34. The molecule has 1 aliphatic rings. The summed E-state index contributed by atoms with van der Waals surface area (Å²) in [6.07, 6.45) is 0. The van der Waals surface area contributed by atoms with E-state index in [1.54, 1.807) is 0 Å². The molecule has 1 fully saturated rings. The van der Waals surface area contributed by atoms with Gasteiger partial charge in [-0.15, -0.1) is 12.4 Å². The highest BCUT2D eigenvalue weighted by atomic mass is 35.5. The van der Waals surface area contributed by atoms with Crippen LogP contribution in [0, 0.1) is 0 Å². The fourth-order valence-corrected chi connectivity index (χ4v) is 4.14. The van der Waals surface area contributed by atoms with Crippen molar-refractivity contribution < 1.29 is 8.42 Å². The number of benzene rings is 1. The van der Waals surface area contributed by atoms with Gasteiger partial charge in [0.1, 0.15) is 4.90 Å². The van der Waals surface area contributed by atoms with Crippen LogP contribution in [0.25, 0.3) is 0 Å². The first-order chi connectivity index (χ1) is 8.43. The first-order valence-corrected chi connectivity index (χ1v) is 7.86. The van der Waals surface area contributed by atoms with Gasteiger partial charge in [0.25, 0.3) is 0 Å². The molecule has 9 heteroatoms. The summed E-state index contributed by atoms with van der Waals surface area (Å²) in [6.45, 7) is 2.08. The van der Waals surface area contributed by atoms with Gasteiger partial charge in [-0.05, 0) is 12.1 Å². The number of rotatable bonds is 2. The fraction of sp³-hybridized carbons (Fsp3) is 0.400. The van der Waals surface area contributed by atoms with E-state index in [9.17, 15) is 8.42 Å². The second kappa shape index (κ2) is 6.80. The van der Waals surface area contributed by atoms with Crippen LogP contribution in [0.15, 0.2) is 17.0 Å². The third kappa shape index (κ3) is 3.67. The Labute approximate surface area is 133 Å². The minimum atomic E-state index is -3.61. The lowest BCUT2D eigenvalue weighted by atomic mass is 10.4. The zero-order chi connectivity index (χ0) is 13.3. The Morgan fingerprint density at radius 3 is 2.11 bits per heavy atom. The number of piperazine rings is 1. The predicted octanol–water partition coefficient (Wildman–Crippen LogP) is 2.66. The van der Waals surface area contributed by atoms with Gasteiger partial charge in [0, 0.05) is 26.2 Å². The lowest BCUT2D eigenvalue weighted by Crippen LogP contribution is -2.46. The molecule has 1 aliphatic heterocycles. The van der Waals surface area contributed by atoms with Crippen molar-refractivity contribution in [1.82, 2.24) is 9.62 Å². The monoisotopic (exact) mass is 364 g/mol. The zero-order valence-electron chi connectivity index (χ0n) is 9.70. The highest BCUT2D eigenvalue weighted by molar-refractivity contribution is 7.89. The Balaban J connectivity index is 0.00000180. The van der Waals surface area contributed by atoms with Crippen molar-refractivity contribution in [2.24, 2.45) is 0 Å². The summed E-state index contributed by atoms with van der Waals surface area (Å²) in [7, 11) is -3.61. The van der Waals surface area contributed by atoms with E-state index in [0.717, 1.165) is 0 Å². The molecule has 2 rings (SSSR count). The topological polar surface area (TPSA) is 49.4 Å². The molecule has 1 N–H and O–H groups in total. The van der Waals surface area contributed by atoms with Crippen LogP contribution in [0.1, 0.15) is 0 Å². The van der Waals surface area contributed by atoms with Crippen LogP contribution in [0.3, 0.4) is 0 Å². The van der Waals surface area contributed by atoms with Gasteiger partial charge in [-0.3, -0.25) is 0 Å². The molecule has 1 aromatic carbocycles. The molecule has 0 saturated carbocycles. The van der Waals surface area contributed by atoms with E-state index in [1.165, 1.54) is 16.4 Å². The molecule has 0 aliphatic carbocycles. The fourth-order valence-electron chi connectivity index (χ4n) is 1.73. The Morgan fingerprint density at radius 1 is 1.00 bits per heavy atom. The van der Waals surface area contributed by atoms with Crippen molar-refractivity contribution in [3.63, 3.8) is 0 Å². The summed E-state index contributed by atoms with van der Waals surface area (Å²) in [4.78, 5) is 0.000432. The van der Waals surface area contributed by atoms with E-state index in [0.29, 0.717) is 26.2 Å². The lowest BCUT2D eigenvalue weighted by molar-refractivity contribution is 0.360. The van der Waals surface area contributed by atoms with Crippen molar-refractivity contribution in [3.05, 3.63) is 27.2 Å². The molecular formula is C10H12Cl4N2O2S. The van der Waals surface area contributed by atoms with E-state index in [2.05, 4.69) is 5.32 Å². The van der Waals surface area contributed by atoms with Crippen molar-refractivity contribution >= 4 is 57.2 Å². The smallest absolute Gasteiger partial charge is 0.244 e. The van der Waals surface area contributed by atoms with Crippen LogP contribution in [-0.4, -0.2) is 38.9 Å². The van der Waals surface area contributed by atoms with E-state index >= 15 is 0 Å². The molecule has 0 spiro atoms. The molecule has 1 heterocycles. The quantitative estimate of drug-likeness (QED) is 0.819. The van der Waals surface area contributed by atoms with Gasteiger partial charge in [0.2, 0.25) is 10.0 Å². The summed E-state index contributed by atoms with van der Waals surface area (Å²) < 4.78 is 26.2. The molecule has 0 atom stereocenters. The molecule has 0 bridgehead atoms. The normalized spacial score (nSPS) is 17.0. The van der Waals surface area contributed by atoms with Crippen LogP contribution < -0.4 is 5.32 Å². The number of halogens is 4. The van der Waals surface area contributed by atoms with Crippen LogP contribution >= 0.6 is 47.2 Å². The van der Waals surface area contributed by atoms with Gasteiger partial charge < -0.3 is 5.32 Å². The maximum Gasteiger partial charge on any atom is 0.244 e. The second-order valence-corrected chi connectivity index (χ2v) is 6.98. The summed E-state index contributed by atoms with van der Waals surface area (Å²) in [5, 5.41) is 3.59. The SMILES string of the molecule is Cl.O=S(=O)(c1cc(Cl)c(Cl)cc1Cl)N1CCNCC1. The largest absolute Gasteiger partial charge is 0.314 e. The Kier molecular flexibility index (Phi) is 6.20. The highest BCUT2D eigenvalue weighted by Crippen LogP contribution is 2.33. The number of nitrogens with one attached hydrogen (secondary N) is 1. The van der Waals surface area contributed by atoms with Crippen molar-refractivity contribution in [2.75, 3.05) is 26.2 Å². The number of nitrogens with zero attached hydrogens (tertiary/aromatic N) is 1. The summed E-state index contributed by atoms with van der Waals surface area (Å²) >= 11 is 17.6. The minimum Gasteiger partial charge on any atom is -0.314 e. The summed E-state index contributed by atoms with van der Waals surface area (Å²) in [5.41, 5.74) is 0. The van der Waals surface area contributed by atoms with Gasteiger partial charge >= 0.3 is 0 Å². The molecule has 19 heavy (non-hydrogen) atoms. The third-order valence-electron chi connectivity index (χ3n) is 2.67. The van der Waals surface area contributed by atoms with E-state index < -0.39 is 10.0 Å². The van der Waals surface area contributed by atoms with E-state index in [1.807, 2.05) is 0 Å². The zero-order valence-corrected chi connectivity index (χ0v) is 13.6. The molecule has 4 nitrogen and oxygen atoms in total. The highest BCUT2D eigenvalue weighted by Gasteiger charge is 2.28. The third-order valence-corrected chi connectivity index (χ3v) is 5.75. The molecule has 1 aromatic rings.